The normalized spacial score (nSPS) is 20.3. The summed E-state index contributed by atoms with van der Waals surface area (Å²) in [4.78, 5) is 0. The second kappa shape index (κ2) is 5.61. The molecule has 1 aliphatic carbocycles. The van der Waals surface area contributed by atoms with Crippen LogP contribution in [0.1, 0.15) is 40.0 Å². The fourth-order valence-corrected chi connectivity index (χ4v) is 1.53. The largest absolute Gasteiger partial charge is 0.377 e. The maximum atomic E-state index is 5.79. The summed E-state index contributed by atoms with van der Waals surface area (Å²) < 4.78 is 5.79. The summed E-state index contributed by atoms with van der Waals surface area (Å²) in [6.45, 7) is 8.57. The fourth-order valence-electron chi connectivity index (χ4n) is 1.53. The van der Waals surface area contributed by atoms with Crippen LogP contribution < -0.4 is 5.32 Å². The summed E-state index contributed by atoms with van der Waals surface area (Å²) >= 11 is 0. The average molecular weight is 185 g/mol. The van der Waals surface area contributed by atoms with Gasteiger partial charge in [-0.1, -0.05) is 20.8 Å². The average Bonchev–Trinajstić information content (AvgIpc) is 1.99. The van der Waals surface area contributed by atoms with E-state index in [0.29, 0.717) is 18.1 Å². The monoisotopic (exact) mass is 185 g/mol. The Labute approximate surface area is 82.0 Å². The van der Waals surface area contributed by atoms with E-state index in [0.717, 1.165) is 13.2 Å². The lowest BCUT2D eigenvalue weighted by Gasteiger charge is -2.29. The Morgan fingerprint density at radius 1 is 1.38 bits per heavy atom. The maximum absolute atomic E-state index is 5.79. The highest BCUT2D eigenvalue weighted by molar-refractivity contribution is 4.73. The van der Waals surface area contributed by atoms with Gasteiger partial charge in [-0.3, -0.25) is 0 Å². The van der Waals surface area contributed by atoms with Crippen LogP contribution in [0.5, 0.6) is 0 Å². The molecule has 1 aliphatic rings. The minimum absolute atomic E-state index is 0.533. The molecular weight excluding hydrogens is 162 g/mol. The van der Waals surface area contributed by atoms with Crippen molar-refractivity contribution in [1.82, 2.24) is 5.32 Å². The first-order valence-corrected chi connectivity index (χ1v) is 5.59. The zero-order valence-corrected chi connectivity index (χ0v) is 9.18. The topological polar surface area (TPSA) is 21.3 Å². The molecule has 1 atom stereocenters. The number of hydrogen-bond donors (Lipinski definition) is 1. The van der Waals surface area contributed by atoms with Crippen LogP contribution in [0.4, 0.5) is 0 Å². The molecule has 1 N–H and O–H groups in total. The van der Waals surface area contributed by atoms with Gasteiger partial charge < -0.3 is 10.1 Å². The molecule has 0 aliphatic heterocycles. The molecule has 0 saturated heterocycles. The van der Waals surface area contributed by atoms with E-state index in [1.54, 1.807) is 0 Å². The van der Waals surface area contributed by atoms with Crippen molar-refractivity contribution in [1.29, 1.82) is 0 Å². The molecule has 1 rings (SSSR count). The van der Waals surface area contributed by atoms with E-state index in [1.165, 1.54) is 19.3 Å². The summed E-state index contributed by atoms with van der Waals surface area (Å²) in [7, 11) is 0. The molecule has 1 unspecified atom stereocenters. The third-order valence-corrected chi connectivity index (χ3v) is 2.83. The molecule has 78 valence electrons. The molecule has 0 bridgehead atoms. The third-order valence-electron chi connectivity index (χ3n) is 2.83. The molecule has 1 fully saturated rings. The molecule has 0 radical (unpaired) electrons. The van der Waals surface area contributed by atoms with Crippen LogP contribution in [0, 0.1) is 5.92 Å². The van der Waals surface area contributed by atoms with Gasteiger partial charge in [-0.15, -0.1) is 0 Å². The number of likely N-dealkylation sites (N-methyl/N-ethyl adjacent to an activating group) is 1. The lowest BCUT2D eigenvalue weighted by Crippen LogP contribution is -2.39. The zero-order valence-electron chi connectivity index (χ0n) is 9.18. The summed E-state index contributed by atoms with van der Waals surface area (Å²) in [6, 6.07) is 0.533. The number of nitrogens with one attached hydrogen (secondary N) is 1. The zero-order chi connectivity index (χ0) is 9.68. The van der Waals surface area contributed by atoms with Gasteiger partial charge in [0.25, 0.3) is 0 Å². The van der Waals surface area contributed by atoms with Crippen LogP contribution in [0.15, 0.2) is 0 Å². The molecule has 0 heterocycles. The van der Waals surface area contributed by atoms with Crippen molar-refractivity contribution in [2.45, 2.75) is 52.2 Å². The van der Waals surface area contributed by atoms with E-state index < -0.39 is 0 Å². The summed E-state index contributed by atoms with van der Waals surface area (Å²) in [5.41, 5.74) is 0. The highest BCUT2D eigenvalue weighted by atomic mass is 16.5. The SMILES string of the molecule is CCNC(COC1CCC1)C(C)C. The molecule has 0 aromatic carbocycles. The van der Waals surface area contributed by atoms with E-state index in [9.17, 15) is 0 Å². The summed E-state index contributed by atoms with van der Waals surface area (Å²) in [6.07, 6.45) is 4.48. The van der Waals surface area contributed by atoms with Gasteiger partial charge in [0.15, 0.2) is 0 Å². The minimum Gasteiger partial charge on any atom is -0.377 e. The molecule has 13 heavy (non-hydrogen) atoms. The van der Waals surface area contributed by atoms with Crippen molar-refractivity contribution in [3.8, 4) is 0 Å². The van der Waals surface area contributed by atoms with Gasteiger partial charge >= 0.3 is 0 Å². The Kier molecular flexibility index (Phi) is 4.74. The molecule has 0 aromatic rings. The molecule has 2 heteroatoms. The highest BCUT2D eigenvalue weighted by Crippen LogP contribution is 2.22. The van der Waals surface area contributed by atoms with E-state index in [2.05, 4.69) is 26.1 Å². The summed E-state index contributed by atoms with van der Waals surface area (Å²) in [5, 5.41) is 3.46. The van der Waals surface area contributed by atoms with E-state index in [1.807, 2.05) is 0 Å². The second-order valence-electron chi connectivity index (χ2n) is 4.29. The smallest absolute Gasteiger partial charge is 0.0625 e. The Morgan fingerprint density at radius 2 is 2.08 bits per heavy atom. The van der Waals surface area contributed by atoms with Crippen molar-refractivity contribution in [2.75, 3.05) is 13.2 Å². The fraction of sp³-hybridized carbons (Fsp3) is 1.00. The van der Waals surface area contributed by atoms with Crippen LogP contribution in [-0.4, -0.2) is 25.3 Å². The molecule has 2 nitrogen and oxygen atoms in total. The minimum atomic E-state index is 0.533. The predicted octanol–water partition coefficient (Wildman–Crippen LogP) is 2.19. The standard InChI is InChI=1S/C11H23NO/c1-4-12-11(9(2)3)8-13-10-6-5-7-10/h9-12H,4-8H2,1-3H3. The van der Waals surface area contributed by atoms with Gasteiger partial charge in [-0.25, -0.2) is 0 Å². The van der Waals surface area contributed by atoms with Gasteiger partial charge in [0.1, 0.15) is 0 Å². The highest BCUT2D eigenvalue weighted by Gasteiger charge is 2.20. The molecule has 0 aromatic heterocycles. The van der Waals surface area contributed by atoms with Gasteiger partial charge in [0.2, 0.25) is 0 Å². The number of ether oxygens (including phenoxy) is 1. The van der Waals surface area contributed by atoms with Crippen molar-refractivity contribution >= 4 is 0 Å². The first kappa shape index (κ1) is 11.0. The summed E-state index contributed by atoms with van der Waals surface area (Å²) in [5.74, 6) is 0.667. The van der Waals surface area contributed by atoms with Crippen LogP contribution in [0.25, 0.3) is 0 Å². The Hall–Kier alpha value is -0.0800. The molecule has 0 spiro atoms. The second-order valence-corrected chi connectivity index (χ2v) is 4.29. The predicted molar refractivity (Wildman–Crippen MR) is 55.9 cm³/mol. The van der Waals surface area contributed by atoms with Gasteiger partial charge in [-0.2, -0.15) is 0 Å². The Morgan fingerprint density at radius 3 is 2.46 bits per heavy atom. The van der Waals surface area contributed by atoms with Gasteiger partial charge in [0, 0.05) is 6.04 Å². The lowest BCUT2D eigenvalue weighted by atomic mass is 9.96. The van der Waals surface area contributed by atoms with Crippen molar-refractivity contribution in [3.63, 3.8) is 0 Å². The van der Waals surface area contributed by atoms with E-state index in [-0.39, 0.29) is 0 Å². The Bertz CT molecular complexity index is 132. The van der Waals surface area contributed by atoms with Crippen molar-refractivity contribution in [2.24, 2.45) is 5.92 Å². The Balaban J connectivity index is 2.12. The van der Waals surface area contributed by atoms with Gasteiger partial charge in [0.05, 0.1) is 12.7 Å². The number of hydrogen-bond acceptors (Lipinski definition) is 2. The number of rotatable bonds is 6. The molecule has 0 amide bonds. The van der Waals surface area contributed by atoms with Crippen LogP contribution in [-0.2, 0) is 4.74 Å². The maximum Gasteiger partial charge on any atom is 0.0625 e. The first-order chi connectivity index (χ1) is 6.24. The van der Waals surface area contributed by atoms with E-state index >= 15 is 0 Å². The van der Waals surface area contributed by atoms with Crippen LogP contribution in [0.2, 0.25) is 0 Å². The first-order valence-electron chi connectivity index (χ1n) is 5.59. The lowest BCUT2D eigenvalue weighted by molar-refractivity contribution is -0.0137. The quantitative estimate of drug-likeness (QED) is 0.685. The van der Waals surface area contributed by atoms with Gasteiger partial charge in [-0.05, 0) is 31.7 Å². The third kappa shape index (κ3) is 3.65. The van der Waals surface area contributed by atoms with E-state index in [4.69, 9.17) is 4.74 Å². The molecular formula is C11H23NO. The van der Waals surface area contributed by atoms with Crippen LogP contribution in [0.3, 0.4) is 0 Å². The van der Waals surface area contributed by atoms with Crippen molar-refractivity contribution < 1.29 is 4.74 Å². The van der Waals surface area contributed by atoms with Crippen LogP contribution >= 0.6 is 0 Å². The molecule has 1 saturated carbocycles. The van der Waals surface area contributed by atoms with Crippen molar-refractivity contribution in [3.05, 3.63) is 0 Å².